The lowest BCUT2D eigenvalue weighted by Gasteiger charge is -2.35. The molecular weight excluding hydrogens is 414 g/mol. The van der Waals surface area contributed by atoms with E-state index in [0.717, 1.165) is 56.4 Å². The molecule has 2 heterocycles. The minimum absolute atomic E-state index is 0.220. The molecule has 2 aromatic carbocycles. The molecule has 4 rings (SSSR count). The van der Waals surface area contributed by atoms with Crippen molar-refractivity contribution in [3.05, 3.63) is 83.6 Å². The van der Waals surface area contributed by atoms with Crippen LogP contribution in [0.3, 0.4) is 0 Å². The van der Waals surface area contributed by atoms with Crippen molar-refractivity contribution in [1.82, 2.24) is 9.88 Å². The second-order valence-electron chi connectivity index (χ2n) is 7.60. The first-order chi connectivity index (χ1) is 15.5. The van der Waals surface area contributed by atoms with Crippen molar-refractivity contribution < 1.29 is 18.3 Å². The molecule has 3 aromatic rings. The molecule has 1 saturated heterocycles. The molecule has 0 atom stereocenters. The van der Waals surface area contributed by atoms with Crippen LogP contribution in [0.2, 0.25) is 0 Å². The normalized spacial score (nSPS) is 14.3. The minimum atomic E-state index is -0.904. The largest absolute Gasteiger partial charge is 0.497 e. The highest BCUT2D eigenvalue weighted by molar-refractivity contribution is 6.04. The number of hydrogen-bond donors (Lipinski definition) is 1. The smallest absolute Gasteiger partial charge is 0.258 e. The van der Waals surface area contributed by atoms with Crippen LogP contribution in [0.15, 0.2) is 60.8 Å². The van der Waals surface area contributed by atoms with E-state index in [1.54, 1.807) is 13.2 Å². The number of carbonyl (C=O) groups is 1. The fraction of sp³-hybridized carbons (Fsp3) is 0.250. The number of amides is 1. The van der Waals surface area contributed by atoms with E-state index in [2.05, 4.69) is 32.2 Å². The third-order valence-electron chi connectivity index (χ3n) is 5.42. The van der Waals surface area contributed by atoms with Crippen LogP contribution in [0.1, 0.15) is 15.9 Å². The summed E-state index contributed by atoms with van der Waals surface area (Å²) in [6, 6.07) is 14.5. The maximum absolute atomic E-state index is 13.8. The highest BCUT2D eigenvalue weighted by atomic mass is 19.1. The maximum atomic E-state index is 13.8. The minimum Gasteiger partial charge on any atom is -0.497 e. The van der Waals surface area contributed by atoms with E-state index < -0.39 is 17.5 Å². The lowest BCUT2D eigenvalue weighted by molar-refractivity contribution is 0.102. The summed E-state index contributed by atoms with van der Waals surface area (Å²) in [5, 5.41) is 2.59. The van der Waals surface area contributed by atoms with Crippen molar-refractivity contribution in [3.8, 4) is 5.75 Å². The number of carbonyl (C=O) groups excluding carboxylic acids is 1. The van der Waals surface area contributed by atoms with Gasteiger partial charge in [-0.2, -0.15) is 0 Å². The summed E-state index contributed by atoms with van der Waals surface area (Å²) in [6.07, 6.45) is 1.54. The average molecular weight is 438 g/mol. The van der Waals surface area contributed by atoms with Gasteiger partial charge < -0.3 is 15.0 Å². The molecule has 0 aliphatic carbocycles. The quantitative estimate of drug-likeness (QED) is 0.632. The second-order valence-corrected chi connectivity index (χ2v) is 7.60. The Morgan fingerprint density at radius 2 is 1.88 bits per heavy atom. The molecule has 1 aliphatic heterocycles. The number of hydrogen-bond acceptors (Lipinski definition) is 5. The fourth-order valence-electron chi connectivity index (χ4n) is 3.68. The standard InChI is InChI=1S/C24H24F2N4O2/c1-32-20-4-2-3-17(13-20)16-29-9-11-30(12-10-29)23-8-6-19(15-27-23)28-24(31)21-7-5-18(25)14-22(21)26/h2-8,13-15H,9-12,16H2,1H3,(H,28,31). The van der Waals surface area contributed by atoms with Crippen LogP contribution < -0.4 is 15.0 Å². The molecule has 0 saturated carbocycles. The number of benzene rings is 2. The molecule has 1 aromatic heterocycles. The van der Waals surface area contributed by atoms with E-state index in [1.165, 1.54) is 11.8 Å². The van der Waals surface area contributed by atoms with Gasteiger partial charge in [0.25, 0.3) is 5.91 Å². The molecule has 8 heteroatoms. The van der Waals surface area contributed by atoms with Crippen molar-refractivity contribution in [2.24, 2.45) is 0 Å². The van der Waals surface area contributed by atoms with Gasteiger partial charge in [0.05, 0.1) is 24.6 Å². The fourth-order valence-corrected chi connectivity index (χ4v) is 3.68. The van der Waals surface area contributed by atoms with Crippen LogP contribution in [-0.2, 0) is 6.54 Å². The molecule has 1 amide bonds. The Kier molecular flexibility index (Phi) is 6.61. The van der Waals surface area contributed by atoms with Gasteiger partial charge in [-0.1, -0.05) is 12.1 Å². The zero-order valence-electron chi connectivity index (χ0n) is 17.7. The predicted octanol–water partition coefficient (Wildman–Crippen LogP) is 3.94. The van der Waals surface area contributed by atoms with Crippen molar-refractivity contribution in [2.75, 3.05) is 43.5 Å². The lowest BCUT2D eigenvalue weighted by atomic mass is 10.2. The highest BCUT2D eigenvalue weighted by Crippen LogP contribution is 2.19. The van der Waals surface area contributed by atoms with Gasteiger partial charge in [-0.25, -0.2) is 13.8 Å². The van der Waals surface area contributed by atoms with E-state index in [9.17, 15) is 13.6 Å². The number of halogens is 2. The Morgan fingerprint density at radius 3 is 2.56 bits per heavy atom. The lowest BCUT2D eigenvalue weighted by Crippen LogP contribution is -2.46. The van der Waals surface area contributed by atoms with Crippen LogP contribution >= 0.6 is 0 Å². The summed E-state index contributed by atoms with van der Waals surface area (Å²) in [7, 11) is 1.67. The topological polar surface area (TPSA) is 57.7 Å². The molecule has 0 bridgehead atoms. The first-order valence-corrected chi connectivity index (χ1v) is 10.3. The number of aromatic nitrogens is 1. The van der Waals surface area contributed by atoms with Crippen LogP contribution in [0.4, 0.5) is 20.3 Å². The van der Waals surface area contributed by atoms with Gasteiger partial charge in [-0.05, 0) is 42.0 Å². The van der Waals surface area contributed by atoms with Gasteiger partial charge in [0.2, 0.25) is 0 Å². The first-order valence-electron chi connectivity index (χ1n) is 10.3. The van der Waals surface area contributed by atoms with Gasteiger partial charge in [0.15, 0.2) is 0 Å². The van der Waals surface area contributed by atoms with E-state index in [0.29, 0.717) is 11.8 Å². The van der Waals surface area contributed by atoms with E-state index in [-0.39, 0.29) is 5.56 Å². The molecule has 1 aliphatic rings. The monoisotopic (exact) mass is 438 g/mol. The van der Waals surface area contributed by atoms with Crippen molar-refractivity contribution in [2.45, 2.75) is 6.54 Å². The summed E-state index contributed by atoms with van der Waals surface area (Å²) in [4.78, 5) is 21.2. The van der Waals surface area contributed by atoms with Crippen LogP contribution in [0.5, 0.6) is 5.75 Å². The second kappa shape index (κ2) is 9.74. The molecule has 166 valence electrons. The average Bonchev–Trinajstić information content (AvgIpc) is 2.80. The number of methoxy groups -OCH3 is 1. The summed E-state index contributed by atoms with van der Waals surface area (Å²) in [6.45, 7) is 4.35. The molecule has 0 spiro atoms. The van der Waals surface area contributed by atoms with Gasteiger partial charge >= 0.3 is 0 Å². The van der Waals surface area contributed by atoms with E-state index in [1.807, 2.05) is 18.2 Å². The number of rotatable bonds is 6. The van der Waals surface area contributed by atoms with Crippen molar-refractivity contribution >= 4 is 17.4 Å². The third kappa shape index (κ3) is 5.20. The number of nitrogens with one attached hydrogen (secondary N) is 1. The van der Waals surface area contributed by atoms with Gasteiger partial charge in [0, 0.05) is 38.8 Å². The van der Waals surface area contributed by atoms with Gasteiger partial charge in [-0.15, -0.1) is 0 Å². The molecule has 0 radical (unpaired) electrons. The van der Waals surface area contributed by atoms with Crippen molar-refractivity contribution in [1.29, 1.82) is 0 Å². The Bertz CT molecular complexity index is 1080. The molecule has 0 unspecified atom stereocenters. The number of piperazine rings is 1. The zero-order valence-corrected chi connectivity index (χ0v) is 17.7. The van der Waals surface area contributed by atoms with E-state index in [4.69, 9.17) is 4.74 Å². The van der Waals surface area contributed by atoms with Crippen LogP contribution in [0, 0.1) is 11.6 Å². The predicted molar refractivity (Wildman–Crippen MR) is 119 cm³/mol. The Morgan fingerprint density at radius 1 is 1.06 bits per heavy atom. The van der Waals surface area contributed by atoms with Gasteiger partial charge in [0.1, 0.15) is 23.2 Å². The van der Waals surface area contributed by atoms with Gasteiger partial charge in [-0.3, -0.25) is 9.69 Å². The van der Waals surface area contributed by atoms with E-state index >= 15 is 0 Å². The van der Waals surface area contributed by atoms with Crippen LogP contribution in [-0.4, -0.2) is 49.1 Å². The molecule has 1 N–H and O–H groups in total. The zero-order chi connectivity index (χ0) is 22.5. The molecule has 1 fully saturated rings. The number of nitrogens with zero attached hydrogens (tertiary/aromatic N) is 3. The van der Waals surface area contributed by atoms with Crippen LogP contribution in [0.25, 0.3) is 0 Å². The Hall–Kier alpha value is -3.52. The number of pyridine rings is 1. The molecule has 6 nitrogen and oxygen atoms in total. The SMILES string of the molecule is COc1cccc(CN2CCN(c3ccc(NC(=O)c4ccc(F)cc4F)cn3)CC2)c1. The number of ether oxygens (including phenoxy) is 1. The molecule has 32 heavy (non-hydrogen) atoms. The summed E-state index contributed by atoms with van der Waals surface area (Å²) < 4.78 is 32.1. The Balaban J connectivity index is 1.31. The maximum Gasteiger partial charge on any atom is 0.258 e. The summed E-state index contributed by atoms with van der Waals surface area (Å²) >= 11 is 0. The highest BCUT2D eigenvalue weighted by Gasteiger charge is 2.19. The summed E-state index contributed by atoms with van der Waals surface area (Å²) in [5.74, 6) is -0.604. The molecular formula is C24H24F2N4O2. The first kappa shape index (κ1) is 21.7. The Labute approximate surface area is 185 Å². The third-order valence-corrected chi connectivity index (χ3v) is 5.42. The summed E-state index contributed by atoms with van der Waals surface area (Å²) in [5.41, 5.74) is 1.44. The van der Waals surface area contributed by atoms with Crippen molar-refractivity contribution in [3.63, 3.8) is 0 Å². The number of anilines is 2.